The third kappa shape index (κ3) is 4.62. The van der Waals surface area contributed by atoms with Crippen LogP contribution in [0, 0.1) is 0 Å². The number of hydrogen-bond acceptors (Lipinski definition) is 7. The summed E-state index contributed by atoms with van der Waals surface area (Å²) in [4.78, 5) is 40.4. The van der Waals surface area contributed by atoms with Crippen LogP contribution in [0.25, 0.3) is 11.1 Å². The monoisotopic (exact) mass is 422 g/mol. The molecule has 0 spiro atoms. The molecule has 2 aromatic heterocycles. The molecule has 0 radical (unpaired) electrons. The number of benzene rings is 1. The zero-order valence-corrected chi connectivity index (χ0v) is 17.1. The Kier molecular flexibility index (Phi) is 6.46. The summed E-state index contributed by atoms with van der Waals surface area (Å²) in [5, 5.41) is 12.0. The lowest BCUT2D eigenvalue weighted by Gasteiger charge is -2.09. The maximum Gasteiger partial charge on any atom is 0.340 e. The van der Waals surface area contributed by atoms with Crippen molar-refractivity contribution in [2.45, 2.75) is 0 Å². The number of anilines is 1. The van der Waals surface area contributed by atoms with Crippen LogP contribution in [-0.2, 0) is 0 Å². The van der Waals surface area contributed by atoms with Crippen molar-refractivity contribution in [2.75, 3.05) is 32.9 Å². The molecule has 9 heteroatoms. The molecule has 9 nitrogen and oxygen atoms in total. The Balaban J connectivity index is 0.000000187. The van der Waals surface area contributed by atoms with E-state index in [0.29, 0.717) is 34.6 Å². The zero-order valence-electron chi connectivity index (χ0n) is 17.1. The fourth-order valence-electron chi connectivity index (χ4n) is 3.13. The van der Waals surface area contributed by atoms with Crippen LogP contribution in [0.5, 0.6) is 0 Å². The van der Waals surface area contributed by atoms with Crippen LogP contribution >= 0.6 is 0 Å². The highest BCUT2D eigenvalue weighted by molar-refractivity contribution is 6.24. The number of carboxylic acid groups (broad SMARTS) is 1. The van der Waals surface area contributed by atoms with Gasteiger partial charge in [0.15, 0.2) is 11.5 Å². The summed E-state index contributed by atoms with van der Waals surface area (Å²) in [5.41, 5.74) is 7.24. The van der Waals surface area contributed by atoms with Crippen molar-refractivity contribution in [1.82, 2.24) is 15.2 Å². The summed E-state index contributed by atoms with van der Waals surface area (Å²) in [7, 11) is 3.91. The number of nitrogens with one attached hydrogen (secondary N) is 1. The van der Waals surface area contributed by atoms with Gasteiger partial charge in [0.05, 0.1) is 6.26 Å². The maximum atomic E-state index is 12.1. The number of nitrogens with two attached hydrogens (primary N) is 1. The van der Waals surface area contributed by atoms with Gasteiger partial charge in [-0.1, -0.05) is 24.3 Å². The van der Waals surface area contributed by atoms with Gasteiger partial charge in [0.1, 0.15) is 11.4 Å². The lowest BCUT2D eigenvalue weighted by Crippen LogP contribution is -2.31. The molecule has 0 saturated carbocycles. The number of hydrogen-bond donors (Lipinski definition) is 3. The molecule has 0 bridgehead atoms. The number of rotatable bonds is 5. The Morgan fingerprint density at radius 1 is 1.13 bits per heavy atom. The van der Waals surface area contributed by atoms with Gasteiger partial charge in [0, 0.05) is 36.0 Å². The molecule has 4 rings (SSSR count). The number of fused-ring (bicyclic) bond motifs is 3. The fourth-order valence-corrected chi connectivity index (χ4v) is 3.13. The Morgan fingerprint density at radius 3 is 2.45 bits per heavy atom. The standard InChI is InChI=1S/C13H8N2O3.C9H14N2O2/c14-12-10(13(17)18)9-6-3-1-2-4-7(6)11(16)8(9)5-15-12;1-11(2)6-5-10-9(12)8-4-3-7-13-8/h1-5H,(H2,14,15)(H,17,18);3-4,7H,5-6H2,1-2H3,(H,10,12). The number of carbonyl (C=O) groups excluding carboxylic acids is 2. The molecule has 0 atom stereocenters. The second-order valence-electron chi connectivity index (χ2n) is 7.02. The zero-order chi connectivity index (χ0) is 22.5. The molecule has 0 fully saturated rings. The van der Waals surface area contributed by atoms with Crippen molar-refractivity contribution in [3.05, 3.63) is 71.3 Å². The summed E-state index contributed by atoms with van der Waals surface area (Å²) in [6, 6.07) is 10.2. The van der Waals surface area contributed by atoms with Gasteiger partial charge in [-0.15, -0.1) is 0 Å². The van der Waals surface area contributed by atoms with Crippen molar-refractivity contribution in [1.29, 1.82) is 0 Å². The quantitative estimate of drug-likeness (QED) is 0.445. The number of carbonyl (C=O) groups is 3. The summed E-state index contributed by atoms with van der Waals surface area (Å²) in [6.45, 7) is 1.46. The first kappa shape index (κ1) is 21.7. The molecule has 1 amide bonds. The average Bonchev–Trinajstić information content (AvgIpc) is 3.36. The Bertz CT molecular complexity index is 1120. The SMILES string of the molecule is CN(C)CCNC(=O)c1ccco1.Nc1ncc2c(c1C(=O)O)-c1ccccc1C2=O. The van der Waals surface area contributed by atoms with Crippen molar-refractivity contribution in [3.8, 4) is 11.1 Å². The number of carboxylic acids is 1. The number of nitrogens with zero attached hydrogens (tertiary/aromatic N) is 2. The highest BCUT2D eigenvalue weighted by Crippen LogP contribution is 2.39. The molecule has 4 N–H and O–H groups in total. The van der Waals surface area contributed by atoms with Gasteiger partial charge in [-0.3, -0.25) is 9.59 Å². The number of amides is 1. The average molecular weight is 422 g/mol. The van der Waals surface area contributed by atoms with E-state index in [9.17, 15) is 19.5 Å². The summed E-state index contributed by atoms with van der Waals surface area (Å²) in [5.74, 6) is -1.27. The second kappa shape index (κ2) is 9.23. The van der Waals surface area contributed by atoms with E-state index < -0.39 is 5.97 Å². The van der Waals surface area contributed by atoms with Crippen LogP contribution < -0.4 is 11.1 Å². The highest BCUT2D eigenvalue weighted by atomic mass is 16.4. The predicted octanol–water partition coefficient (Wildman–Crippen LogP) is 2.14. The van der Waals surface area contributed by atoms with E-state index in [-0.39, 0.29) is 23.1 Å². The van der Waals surface area contributed by atoms with E-state index in [1.54, 1.807) is 36.4 Å². The van der Waals surface area contributed by atoms with Gasteiger partial charge in [-0.25, -0.2) is 9.78 Å². The molecule has 3 aromatic rings. The fraction of sp³-hybridized carbons (Fsp3) is 0.182. The van der Waals surface area contributed by atoms with E-state index in [2.05, 4.69) is 10.3 Å². The van der Waals surface area contributed by atoms with E-state index in [4.69, 9.17) is 10.2 Å². The van der Waals surface area contributed by atoms with Crippen molar-refractivity contribution in [3.63, 3.8) is 0 Å². The molecular formula is C22H22N4O5. The normalized spacial score (nSPS) is 11.4. The third-order valence-corrected chi connectivity index (χ3v) is 4.60. The summed E-state index contributed by atoms with van der Waals surface area (Å²) >= 11 is 0. The number of aromatic nitrogens is 1. The third-order valence-electron chi connectivity index (χ3n) is 4.60. The van der Waals surface area contributed by atoms with Crippen LogP contribution in [0.15, 0.2) is 53.3 Å². The van der Waals surface area contributed by atoms with Gasteiger partial charge in [0.2, 0.25) is 0 Å². The number of ketones is 1. The number of aromatic carboxylic acids is 1. The van der Waals surface area contributed by atoms with Crippen LogP contribution in [0.4, 0.5) is 5.82 Å². The number of likely N-dealkylation sites (N-methyl/N-ethyl adjacent to an activating group) is 1. The Morgan fingerprint density at radius 2 is 1.84 bits per heavy atom. The van der Waals surface area contributed by atoms with Gasteiger partial charge >= 0.3 is 5.97 Å². The van der Waals surface area contributed by atoms with Crippen molar-refractivity contribution < 1.29 is 23.9 Å². The molecule has 1 aliphatic rings. The largest absolute Gasteiger partial charge is 0.478 e. The molecule has 0 unspecified atom stereocenters. The van der Waals surface area contributed by atoms with Crippen LogP contribution in [0.1, 0.15) is 36.8 Å². The van der Waals surface area contributed by atoms with Crippen LogP contribution in [0.3, 0.4) is 0 Å². The summed E-state index contributed by atoms with van der Waals surface area (Å²) < 4.78 is 4.93. The summed E-state index contributed by atoms with van der Waals surface area (Å²) in [6.07, 6.45) is 2.82. The molecule has 0 aliphatic heterocycles. The van der Waals surface area contributed by atoms with E-state index in [1.807, 2.05) is 19.0 Å². The van der Waals surface area contributed by atoms with Gasteiger partial charge in [-0.05, 0) is 31.8 Å². The highest BCUT2D eigenvalue weighted by Gasteiger charge is 2.32. The first-order valence-electron chi connectivity index (χ1n) is 9.43. The van der Waals surface area contributed by atoms with Crippen molar-refractivity contribution in [2.24, 2.45) is 0 Å². The van der Waals surface area contributed by atoms with Gasteiger partial charge in [-0.2, -0.15) is 0 Å². The minimum Gasteiger partial charge on any atom is -0.478 e. The van der Waals surface area contributed by atoms with E-state index in [0.717, 1.165) is 6.54 Å². The lowest BCUT2D eigenvalue weighted by atomic mass is 10.0. The molecule has 0 saturated heterocycles. The van der Waals surface area contributed by atoms with Crippen molar-refractivity contribution >= 4 is 23.5 Å². The van der Waals surface area contributed by atoms with E-state index >= 15 is 0 Å². The topological polar surface area (TPSA) is 139 Å². The molecule has 1 aliphatic carbocycles. The van der Waals surface area contributed by atoms with Crippen LogP contribution in [-0.4, -0.2) is 59.8 Å². The van der Waals surface area contributed by atoms with E-state index in [1.165, 1.54) is 12.5 Å². The van der Waals surface area contributed by atoms with Gasteiger partial charge < -0.3 is 25.5 Å². The Labute approximate surface area is 178 Å². The molecule has 31 heavy (non-hydrogen) atoms. The first-order chi connectivity index (χ1) is 14.8. The Hall–Kier alpha value is -3.98. The molecule has 160 valence electrons. The number of pyridine rings is 1. The molecule has 2 heterocycles. The second-order valence-corrected chi connectivity index (χ2v) is 7.02. The first-order valence-corrected chi connectivity index (χ1v) is 9.43. The van der Waals surface area contributed by atoms with Crippen LogP contribution in [0.2, 0.25) is 0 Å². The smallest absolute Gasteiger partial charge is 0.340 e. The molecular weight excluding hydrogens is 400 g/mol. The predicted molar refractivity (Wildman–Crippen MR) is 114 cm³/mol. The molecule has 1 aromatic carbocycles. The minimum atomic E-state index is -1.18. The number of furan rings is 1. The maximum absolute atomic E-state index is 12.1. The van der Waals surface area contributed by atoms with Gasteiger partial charge in [0.25, 0.3) is 5.91 Å². The minimum absolute atomic E-state index is 0.0780. The lowest BCUT2D eigenvalue weighted by molar-refractivity contribution is 0.0698. The number of nitrogen functional groups attached to an aromatic ring is 1.